The van der Waals surface area contributed by atoms with Crippen molar-refractivity contribution in [1.29, 1.82) is 0 Å². The molecule has 1 unspecified atom stereocenters. The number of ether oxygens (including phenoxy) is 2. The first-order valence-electron chi connectivity index (χ1n) is 9.86. The van der Waals surface area contributed by atoms with Crippen LogP contribution in [0.25, 0.3) is 0 Å². The third-order valence-electron chi connectivity index (χ3n) is 4.10. The maximum Gasteiger partial charge on any atom is 0.320 e. The Balaban J connectivity index is 4.34. The Labute approximate surface area is 148 Å². The Morgan fingerprint density at radius 3 is 1.83 bits per heavy atom. The van der Waals surface area contributed by atoms with Gasteiger partial charge in [-0.25, -0.2) is 0 Å². The Hall–Kier alpha value is -1.06. The maximum atomic E-state index is 12.3. The summed E-state index contributed by atoms with van der Waals surface area (Å²) in [6.45, 7) is 9.22. The molecule has 0 aliphatic heterocycles. The molecule has 0 amide bonds. The van der Waals surface area contributed by atoms with Crippen molar-refractivity contribution in [3.63, 3.8) is 0 Å². The second-order valence-corrected chi connectivity index (χ2v) is 6.98. The highest BCUT2D eigenvalue weighted by atomic mass is 16.6. The van der Waals surface area contributed by atoms with Crippen molar-refractivity contribution in [2.75, 3.05) is 13.2 Å². The van der Waals surface area contributed by atoms with Gasteiger partial charge in [0, 0.05) is 0 Å². The van der Waals surface area contributed by atoms with Gasteiger partial charge in [0.15, 0.2) is 5.92 Å². The fourth-order valence-corrected chi connectivity index (χ4v) is 2.41. The lowest BCUT2D eigenvalue weighted by Crippen LogP contribution is -2.29. The largest absolute Gasteiger partial charge is 0.465 e. The normalized spacial score (nSPS) is 12.2. The molecule has 0 heterocycles. The summed E-state index contributed by atoms with van der Waals surface area (Å²) in [5, 5.41) is 0. The fourth-order valence-electron chi connectivity index (χ4n) is 2.41. The first-order valence-corrected chi connectivity index (χ1v) is 9.86. The van der Waals surface area contributed by atoms with E-state index in [4.69, 9.17) is 9.47 Å². The van der Waals surface area contributed by atoms with Gasteiger partial charge in [-0.1, -0.05) is 72.6 Å². The molecule has 0 aromatic carbocycles. The van der Waals surface area contributed by atoms with Gasteiger partial charge in [0.1, 0.15) is 0 Å². The van der Waals surface area contributed by atoms with E-state index in [0.717, 1.165) is 44.9 Å². The molecule has 0 aliphatic carbocycles. The average molecular weight is 343 g/mol. The molecular weight excluding hydrogens is 304 g/mol. The van der Waals surface area contributed by atoms with Gasteiger partial charge in [-0.15, -0.1) is 0 Å². The van der Waals surface area contributed by atoms with Crippen LogP contribution in [0.4, 0.5) is 0 Å². The molecule has 0 saturated carbocycles. The third kappa shape index (κ3) is 12.4. The van der Waals surface area contributed by atoms with Crippen LogP contribution in [-0.4, -0.2) is 25.2 Å². The molecule has 0 aromatic rings. The van der Waals surface area contributed by atoms with E-state index in [2.05, 4.69) is 27.7 Å². The highest BCUT2D eigenvalue weighted by molar-refractivity contribution is 5.94. The highest BCUT2D eigenvalue weighted by Crippen LogP contribution is 2.16. The molecular formula is C20H38O4. The fraction of sp³-hybridized carbons (Fsp3) is 0.900. The minimum absolute atomic E-state index is 0.381. The molecule has 1 atom stereocenters. The van der Waals surface area contributed by atoms with Crippen LogP contribution in [0, 0.1) is 11.8 Å². The van der Waals surface area contributed by atoms with Crippen LogP contribution in [0.1, 0.15) is 91.9 Å². The number of rotatable bonds is 15. The molecule has 0 aliphatic rings. The summed E-state index contributed by atoms with van der Waals surface area (Å²) in [5.41, 5.74) is 0. The summed E-state index contributed by atoms with van der Waals surface area (Å²) in [5.74, 6) is -1.09. The summed E-state index contributed by atoms with van der Waals surface area (Å²) in [6.07, 6.45) is 9.78. The zero-order chi connectivity index (χ0) is 18.2. The van der Waals surface area contributed by atoms with Gasteiger partial charge in [-0.2, -0.15) is 0 Å². The summed E-state index contributed by atoms with van der Waals surface area (Å²) in [7, 11) is 0. The Kier molecular flexibility index (Phi) is 14.8. The molecule has 4 heteroatoms. The second kappa shape index (κ2) is 15.5. The molecule has 0 N–H and O–H groups in total. The molecule has 0 rings (SSSR count). The minimum atomic E-state index is -0.750. The lowest BCUT2D eigenvalue weighted by Gasteiger charge is -2.16. The van der Waals surface area contributed by atoms with Gasteiger partial charge in [0.25, 0.3) is 0 Å². The van der Waals surface area contributed by atoms with Crippen molar-refractivity contribution in [2.24, 2.45) is 11.8 Å². The minimum Gasteiger partial charge on any atom is -0.465 e. The first kappa shape index (κ1) is 22.9. The van der Waals surface area contributed by atoms with Crippen LogP contribution in [0.15, 0.2) is 0 Å². The van der Waals surface area contributed by atoms with Crippen LogP contribution in [0.2, 0.25) is 0 Å². The number of unbranched alkanes of at least 4 members (excludes halogenated alkanes) is 6. The second-order valence-electron chi connectivity index (χ2n) is 6.98. The monoisotopic (exact) mass is 342 g/mol. The molecule has 0 radical (unpaired) electrons. The Morgan fingerprint density at radius 1 is 0.708 bits per heavy atom. The standard InChI is InChI=1S/C20H38O4/c1-5-7-9-10-11-13-18(19(21)23-15-12-8-6-2)20(22)24-16-14-17(3)4/h17-18H,5-16H2,1-4H3. The van der Waals surface area contributed by atoms with Crippen molar-refractivity contribution >= 4 is 11.9 Å². The van der Waals surface area contributed by atoms with Crippen LogP contribution >= 0.6 is 0 Å². The summed E-state index contributed by atoms with van der Waals surface area (Å²) in [6, 6.07) is 0. The van der Waals surface area contributed by atoms with Gasteiger partial charge < -0.3 is 9.47 Å². The molecule has 24 heavy (non-hydrogen) atoms. The summed E-state index contributed by atoms with van der Waals surface area (Å²) >= 11 is 0. The van der Waals surface area contributed by atoms with Gasteiger partial charge in [0.2, 0.25) is 0 Å². The predicted molar refractivity (Wildman–Crippen MR) is 97.8 cm³/mol. The molecule has 0 aromatic heterocycles. The SMILES string of the molecule is CCCCCCCC(C(=O)OCCCCC)C(=O)OCCC(C)C. The summed E-state index contributed by atoms with van der Waals surface area (Å²) < 4.78 is 10.6. The van der Waals surface area contributed by atoms with Gasteiger partial charge in [0.05, 0.1) is 13.2 Å². The van der Waals surface area contributed by atoms with E-state index in [1.165, 1.54) is 12.8 Å². The van der Waals surface area contributed by atoms with Gasteiger partial charge in [-0.05, 0) is 25.2 Å². The molecule has 0 spiro atoms. The topological polar surface area (TPSA) is 52.6 Å². The van der Waals surface area contributed by atoms with E-state index in [9.17, 15) is 9.59 Å². The van der Waals surface area contributed by atoms with Crippen LogP contribution < -0.4 is 0 Å². The van der Waals surface area contributed by atoms with Crippen LogP contribution in [-0.2, 0) is 19.1 Å². The van der Waals surface area contributed by atoms with E-state index in [1.807, 2.05) is 0 Å². The van der Waals surface area contributed by atoms with E-state index < -0.39 is 17.9 Å². The number of carbonyl (C=O) groups is 2. The molecule has 0 saturated heterocycles. The van der Waals surface area contributed by atoms with Crippen molar-refractivity contribution in [1.82, 2.24) is 0 Å². The van der Waals surface area contributed by atoms with E-state index in [0.29, 0.717) is 25.6 Å². The lowest BCUT2D eigenvalue weighted by molar-refractivity contribution is -0.162. The zero-order valence-corrected chi connectivity index (χ0v) is 16.3. The Morgan fingerprint density at radius 2 is 1.25 bits per heavy atom. The first-order chi connectivity index (χ1) is 11.5. The molecule has 0 bridgehead atoms. The van der Waals surface area contributed by atoms with E-state index >= 15 is 0 Å². The van der Waals surface area contributed by atoms with Crippen molar-refractivity contribution in [3.05, 3.63) is 0 Å². The molecule has 142 valence electrons. The average Bonchev–Trinajstić information content (AvgIpc) is 2.54. The number of carbonyl (C=O) groups excluding carboxylic acids is 2. The van der Waals surface area contributed by atoms with Crippen molar-refractivity contribution < 1.29 is 19.1 Å². The summed E-state index contributed by atoms with van der Waals surface area (Å²) in [4.78, 5) is 24.5. The lowest BCUT2D eigenvalue weighted by atomic mass is 10.0. The number of hydrogen-bond acceptors (Lipinski definition) is 4. The smallest absolute Gasteiger partial charge is 0.320 e. The van der Waals surface area contributed by atoms with Crippen molar-refractivity contribution in [3.8, 4) is 0 Å². The molecule has 4 nitrogen and oxygen atoms in total. The quantitative estimate of drug-likeness (QED) is 0.231. The van der Waals surface area contributed by atoms with E-state index in [-0.39, 0.29) is 0 Å². The Bertz CT molecular complexity index is 326. The van der Waals surface area contributed by atoms with Crippen LogP contribution in [0.3, 0.4) is 0 Å². The van der Waals surface area contributed by atoms with Gasteiger partial charge >= 0.3 is 11.9 Å². The predicted octanol–water partition coefficient (Wildman–Crippen LogP) is 5.29. The van der Waals surface area contributed by atoms with Gasteiger partial charge in [-0.3, -0.25) is 9.59 Å². The van der Waals surface area contributed by atoms with E-state index in [1.54, 1.807) is 0 Å². The van der Waals surface area contributed by atoms with Crippen molar-refractivity contribution in [2.45, 2.75) is 91.9 Å². The number of esters is 2. The third-order valence-corrected chi connectivity index (χ3v) is 4.10. The zero-order valence-electron chi connectivity index (χ0n) is 16.3. The highest BCUT2D eigenvalue weighted by Gasteiger charge is 2.29. The number of hydrogen-bond donors (Lipinski definition) is 0. The maximum absolute atomic E-state index is 12.3. The van der Waals surface area contributed by atoms with Crippen LogP contribution in [0.5, 0.6) is 0 Å². The molecule has 0 fully saturated rings.